The Morgan fingerprint density at radius 1 is 0.273 bits per heavy atom. The lowest BCUT2D eigenvalue weighted by atomic mass is 9.91. The molecule has 0 saturated carbocycles. The van der Waals surface area contributed by atoms with Crippen LogP contribution in [0.1, 0.15) is 0 Å². The Morgan fingerprint density at radius 3 is 1.36 bits per heavy atom. The Morgan fingerprint density at radius 2 is 0.745 bits per heavy atom. The summed E-state index contributed by atoms with van der Waals surface area (Å²) in [5.41, 5.74) is 13.7. The summed E-state index contributed by atoms with van der Waals surface area (Å²) in [5.74, 6) is 0. The molecule has 0 fully saturated rings. The summed E-state index contributed by atoms with van der Waals surface area (Å²) in [7, 11) is 0. The fourth-order valence-corrected chi connectivity index (χ4v) is 9.07. The lowest BCUT2D eigenvalue weighted by Gasteiger charge is -2.13. The maximum atomic E-state index is 6.32. The maximum absolute atomic E-state index is 6.32. The fraction of sp³-hybridized carbons (Fsp3) is 0. The molecule has 0 bridgehead atoms. The van der Waals surface area contributed by atoms with E-state index in [4.69, 9.17) is 4.42 Å². The third kappa shape index (κ3) is 4.44. The number of furan rings is 1. The normalized spacial score (nSPS) is 12.0. The van der Waals surface area contributed by atoms with Gasteiger partial charge in [-0.3, -0.25) is 0 Å². The molecular weight excluding hydrogens is 669 g/mol. The SMILES string of the molecule is c1ccc(-n2c3ccccc3c3cc(-c4ccc(-c5ccc6c(c5)c5ccccc5n6-c5ccc6c(c5)oc5ccccc56)c5ccccc45)ccc32)cc1. The first-order valence-corrected chi connectivity index (χ1v) is 18.8. The highest BCUT2D eigenvalue weighted by Gasteiger charge is 2.18. The maximum Gasteiger partial charge on any atom is 0.137 e. The lowest BCUT2D eigenvalue weighted by Crippen LogP contribution is -1.93. The second-order valence-electron chi connectivity index (χ2n) is 14.5. The molecule has 3 heterocycles. The van der Waals surface area contributed by atoms with Crippen molar-refractivity contribution in [3.8, 4) is 33.6 Å². The average molecular weight is 701 g/mol. The number of fused-ring (bicyclic) bond motifs is 10. The van der Waals surface area contributed by atoms with Gasteiger partial charge in [-0.15, -0.1) is 0 Å². The van der Waals surface area contributed by atoms with Crippen LogP contribution in [0.15, 0.2) is 199 Å². The minimum atomic E-state index is 0.897. The van der Waals surface area contributed by atoms with Crippen LogP contribution in [-0.2, 0) is 0 Å². The van der Waals surface area contributed by atoms with E-state index >= 15 is 0 Å². The van der Waals surface area contributed by atoms with Gasteiger partial charge in [0, 0.05) is 49.8 Å². The summed E-state index contributed by atoms with van der Waals surface area (Å²) in [5, 5.41) is 9.74. The average Bonchev–Trinajstić information content (AvgIpc) is 3.90. The van der Waals surface area contributed by atoms with E-state index in [2.05, 4.69) is 191 Å². The third-order valence-electron chi connectivity index (χ3n) is 11.5. The lowest BCUT2D eigenvalue weighted by molar-refractivity contribution is 0.668. The van der Waals surface area contributed by atoms with Crippen LogP contribution in [0.2, 0.25) is 0 Å². The minimum absolute atomic E-state index is 0.897. The first kappa shape index (κ1) is 30.1. The van der Waals surface area contributed by atoms with Crippen molar-refractivity contribution in [2.24, 2.45) is 0 Å². The number of rotatable bonds is 4. The van der Waals surface area contributed by atoms with Crippen LogP contribution in [0.4, 0.5) is 0 Å². The van der Waals surface area contributed by atoms with E-state index in [1.165, 1.54) is 82.3 Å². The molecule has 3 nitrogen and oxygen atoms in total. The quantitative estimate of drug-likeness (QED) is 0.179. The topological polar surface area (TPSA) is 23.0 Å². The number of aromatic nitrogens is 2. The van der Waals surface area contributed by atoms with Crippen molar-refractivity contribution in [3.05, 3.63) is 194 Å². The van der Waals surface area contributed by atoms with Gasteiger partial charge in [0.05, 0.1) is 22.1 Å². The first-order valence-electron chi connectivity index (χ1n) is 18.8. The van der Waals surface area contributed by atoms with E-state index in [0.717, 1.165) is 27.6 Å². The molecule has 3 aromatic heterocycles. The van der Waals surface area contributed by atoms with Crippen molar-refractivity contribution in [3.63, 3.8) is 0 Å². The van der Waals surface area contributed by atoms with Crippen LogP contribution in [-0.4, -0.2) is 9.13 Å². The summed E-state index contributed by atoms with van der Waals surface area (Å²) < 4.78 is 11.1. The predicted octanol–water partition coefficient (Wildman–Crippen LogP) is 14.3. The molecule has 0 unspecified atom stereocenters. The Hall–Kier alpha value is -7.36. The van der Waals surface area contributed by atoms with E-state index in [1.54, 1.807) is 0 Å². The molecule has 0 spiro atoms. The van der Waals surface area contributed by atoms with Crippen LogP contribution in [0, 0.1) is 0 Å². The highest BCUT2D eigenvalue weighted by atomic mass is 16.3. The van der Waals surface area contributed by atoms with Gasteiger partial charge in [-0.1, -0.05) is 121 Å². The van der Waals surface area contributed by atoms with Crippen LogP contribution < -0.4 is 0 Å². The van der Waals surface area contributed by atoms with E-state index in [1.807, 2.05) is 12.1 Å². The molecular formula is C52H32N2O. The largest absolute Gasteiger partial charge is 0.456 e. The molecule has 0 aliphatic carbocycles. The number of nitrogens with zero attached hydrogens (tertiary/aromatic N) is 2. The predicted molar refractivity (Wildman–Crippen MR) is 231 cm³/mol. The van der Waals surface area contributed by atoms with Gasteiger partial charge in [-0.05, 0) is 99.8 Å². The molecule has 0 radical (unpaired) electrons. The highest BCUT2D eigenvalue weighted by Crippen LogP contribution is 2.42. The van der Waals surface area contributed by atoms with Crippen LogP contribution >= 0.6 is 0 Å². The van der Waals surface area contributed by atoms with Crippen molar-refractivity contribution in [1.29, 1.82) is 0 Å². The van der Waals surface area contributed by atoms with Gasteiger partial charge in [0.15, 0.2) is 0 Å². The van der Waals surface area contributed by atoms with Crippen molar-refractivity contribution in [2.75, 3.05) is 0 Å². The zero-order chi connectivity index (χ0) is 36.0. The second kappa shape index (κ2) is 11.6. The Labute approximate surface area is 316 Å². The first-order chi connectivity index (χ1) is 27.3. The highest BCUT2D eigenvalue weighted by molar-refractivity contribution is 6.14. The molecule has 0 N–H and O–H groups in total. The van der Waals surface area contributed by atoms with Crippen LogP contribution in [0.25, 0.3) is 110 Å². The number of hydrogen-bond donors (Lipinski definition) is 0. The van der Waals surface area contributed by atoms with Crippen molar-refractivity contribution >= 4 is 76.3 Å². The van der Waals surface area contributed by atoms with Gasteiger partial charge in [0.25, 0.3) is 0 Å². The smallest absolute Gasteiger partial charge is 0.137 e. The number of benzene rings is 9. The fourth-order valence-electron chi connectivity index (χ4n) is 9.07. The second-order valence-corrected chi connectivity index (χ2v) is 14.5. The standard InChI is InChI=1S/C52H32N2O/c1-2-12-35(13-3-1)53-47-19-9-6-16-41(47)45-30-33(22-28-49(45)53)37-26-27-38(40-15-5-4-14-39(37)40)34-23-29-50-46(31-34)42-17-7-10-20-48(42)54(50)36-24-25-44-43-18-8-11-21-51(43)55-52(44)32-36/h1-32H. The summed E-state index contributed by atoms with van der Waals surface area (Å²) >= 11 is 0. The zero-order valence-corrected chi connectivity index (χ0v) is 29.8. The van der Waals surface area contributed by atoms with Crippen LogP contribution in [0.5, 0.6) is 0 Å². The minimum Gasteiger partial charge on any atom is -0.456 e. The molecule has 0 atom stereocenters. The summed E-state index contributed by atoms with van der Waals surface area (Å²) in [6.07, 6.45) is 0. The van der Waals surface area contributed by atoms with E-state index in [-0.39, 0.29) is 0 Å². The van der Waals surface area contributed by atoms with Crippen molar-refractivity contribution < 1.29 is 4.42 Å². The molecule has 12 aromatic rings. The van der Waals surface area contributed by atoms with Crippen LogP contribution in [0.3, 0.4) is 0 Å². The molecule has 0 aliphatic heterocycles. The summed E-state index contributed by atoms with van der Waals surface area (Å²) in [6, 6.07) is 70.3. The van der Waals surface area contributed by atoms with Gasteiger partial charge >= 0.3 is 0 Å². The number of hydrogen-bond acceptors (Lipinski definition) is 1. The molecule has 0 saturated heterocycles. The molecule has 0 amide bonds. The molecule has 55 heavy (non-hydrogen) atoms. The Kier molecular flexibility index (Phi) is 6.34. The van der Waals surface area contributed by atoms with E-state index in [0.29, 0.717) is 0 Å². The Balaban J connectivity index is 1.01. The Bertz CT molecular complexity index is 3490. The van der Waals surface area contributed by atoms with Gasteiger partial charge in [0.2, 0.25) is 0 Å². The van der Waals surface area contributed by atoms with Gasteiger partial charge < -0.3 is 13.6 Å². The summed E-state index contributed by atoms with van der Waals surface area (Å²) in [6.45, 7) is 0. The van der Waals surface area contributed by atoms with Crippen molar-refractivity contribution in [1.82, 2.24) is 9.13 Å². The molecule has 9 aromatic carbocycles. The molecule has 3 heteroatoms. The van der Waals surface area contributed by atoms with E-state index in [9.17, 15) is 0 Å². The monoisotopic (exact) mass is 700 g/mol. The third-order valence-corrected chi connectivity index (χ3v) is 11.5. The van der Waals surface area contributed by atoms with Gasteiger partial charge in [-0.25, -0.2) is 0 Å². The van der Waals surface area contributed by atoms with Gasteiger partial charge in [-0.2, -0.15) is 0 Å². The zero-order valence-electron chi connectivity index (χ0n) is 29.8. The van der Waals surface area contributed by atoms with Crippen molar-refractivity contribution in [2.45, 2.75) is 0 Å². The van der Waals surface area contributed by atoms with Gasteiger partial charge in [0.1, 0.15) is 11.2 Å². The molecule has 0 aliphatic rings. The summed E-state index contributed by atoms with van der Waals surface area (Å²) in [4.78, 5) is 0. The molecule has 12 rings (SSSR count). The molecule has 256 valence electrons. The van der Waals surface area contributed by atoms with E-state index < -0.39 is 0 Å². The number of para-hydroxylation sites is 4.